The van der Waals surface area contributed by atoms with E-state index in [0.717, 1.165) is 39.0 Å². The molecule has 5 heterocycles. The zero-order valence-electron chi connectivity index (χ0n) is 16.9. The first-order valence-corrected chi connectivity index (χ1v) is 11.3. The van der Waals surface area contributed by atoms with E-state index >= 15 is 0 Å². The van der Waals surface area contributed by atoms with E-state index in [1.54, 1.807) is 6.20 Å². The highest BCUT2D eigenvalue weighted by atomic mass is 32.1. The summed E-state index contributed by atoms with van der Waals surface area (Å²) in [5.74, 6) is 0. The third kappa shape index (κ3) is 2.52. The molecule has 5 heteroatoms. The molecule has 32 heavy (non-hydrogen) atoms. The van der Waals surface area contributed by atoms with Gasteiger partial charge in [0.2, 0.25) is 0 Å². The van der Waals surface area contributed by atoms with Gasteiger partial charge in [-0.2, -0.15) is 0 Å². The van der Waals surface area contributed by atoms with Crippen molar-refractivity contribution in [3.8, 4) is 17.1 Å². The molecule has 5 aromatic heterocycles. The van der Waals surface area contributed by atoms with Crippen molar-refractivity contribution in [2.45, 2.75) is 0 Å². The maximum atomic E-state index is 4.74. The molecule has 0 bridgehead atoms. The number of hydrogen-bond acceptors (Lipinski definition) is 4. The fraction of sp³-hybridized carbons (Fsp3) is 0. The normalized spacial score (nSPS) is 11.8. The molecule has 0 fully saturated rings. The Balaban J connectivity index is 1.51. The fourth-order valence-corrected chi connectivity index (χ4v) is 5.63. The highest BCUT2D eigenvalue weighted by molar-refractivity contribution is 7.25. The minimum atomic E-state index is 0.861. The Labute approximate surface area is 187 Å². The van der Waals surface area contributed by atoms with Crippen LogP contribution in [0.2, 0.25) is 0 Å². The second-order valence-corrected chi connectivity index (χ2v) is 8.87. The van der Waals surface area contributed by atoms with Crippen LogP contribution in [0.25, 0.3) is 59.2 Å². The largest absolute Gasteiger partial charge is 0.306 e. The predicted molar refractivity (Wildman–Crippen MR) is 132 cm³/mol. The van der Waals surface area contributed by atoms with Crippen LogP contribution in [0.3, 0.4) is 0 Å². The molecule has 7 rings (SSSR count). The summed E-state index contributed by atoms with van der Waals surface area (Å²) in [5.41, 5.74) is 5.98. The number of aromatic nitrogens is 4. The molecule has 0 saturated carbocycles. The van der Waals surface area contributed by atoms with Crippen LogP contribution in [0.4, 0.5) is 0 Å². The van der Waals surface area contributed by atoms with Crippen LogP contribution < -0.4 is 0 Å². The lowest BCUT2D eigenvalue weighted by Gasteiger charge is -2.08. The minimum absolute atomic E-state index is 0.861. The summed E-state index contributed by atoms with van der Waals surface area (Å²) >= 11 is 1.83. The molecule has 7 aromatic rings. The number of benzene rings is 2. The minimum Gasteiger partial charge on any atom is -0.306 e. The molecule has 0 spiro atoms. The van der Waals surface area contributed by atoms with E-state index < -0.39 is 0 Å². The second kappa shape index (κ2) is 6.70. The van der Waals surface area contributed by atoms with Gasteiger partial charge in [0, 0.05) is 38.0 Å². The van der Waals surface area contributed by atoms with Crippen molar-refractivity contribution in [1.29, 1.82) is 0 Å². The summed E-state index contributed by atoms with van der Waals surface area (Å²) in [4.78, 5) is 13.9. The zero-order chi connectivity index (χ0) is 21.1. The quantitative estimate of drug-likeness (QED) is 0.298. The van der Waals surface area contributed by atoms with E-state index in [1.165, 1.54) is 20.2 Å². The smallest absolute Gasteiger partial charge is 0.0963 e. The van der Waals surface area contributed by atoms with Crippen LogP contribution in [-0.4, -0.2) is 19.5 Å². The lowest BCUT2D eigenvalue weighted by Crippen LogP contribution is -1.96. The molecular weight excluding hydrogens is 412 g/mol. The van der Waals surface area contributed by atoms with Crippen molar-refractivity contribution < 1.29 is 0 Å². The number of rotatable bonds is 2. The molecule has 0 aliphatic heterocycles. The first-order valence-electron chi connectivity index (χ1n) is 10.4. The average Bonchev–Trinajstić information content (AvgIpc) is 3.38. The Morgan fingerprint density at radius 3 is 2.34 bits per heavy atom. The van der Waals surface area contributed by atoms with E-state index in [2.05, 4.69) is 58.1 Å². The van der Waals surface area contributed by atoms with Crippen molar-refractivity contribution in [2.24, 2.45) is 0 Å². The maximum absolute atomic E-state index is 4.74. The highest BCUT2D eigenvalue weighted by Gasteiger charge is 2.16. The van der Waals surface area contributed by atoms with E-state index in [0.29, 0.717) is 0 Å². The van der Waals surface area contributed by atoms with Crippen LogP contribution in [0.5, 0.6) is 0 Å². The van der Waals surface area contributed by atoms with Gasteiger partial charge >= 0.3 is 0 Å². The van der Waals surface area contributed by atoms with Gasteiger partial charge in [-0.15, -0.1) is 11.3 Å². The Kier molecular flexibility index (Phi) is 3.68. The van der Waals surface area contributed by atoms with Crippen molar-refractivity contribution in [1.82, 2.24) is 19.5 Å². The summed E-state index contributed by atoms with van der Waals surface area (Å²) < 4.78 is 4.85. The van der Waals surface area contributed by atoms with Gasteiger partial charge in [-0.25, -0.2) is 0 Å². The van der Waals surface area contributed by atoms with E-state index in [4.69, 9.17) is 9.97 Å². The van der Waals surface area contributed by atoms with Crippen molar-refractivity contribution in [3.05, 3.63) is 97.5 Å². The molecule has 2 aromatic carbocycles. The third-order valence-corrected chi connectivity index (χ3v) is 7.09. The van der Waals surface area contributed by atoms with Gasteiger partial charge in [0.1, 0.15) is 0 Å². The SMILES string of the molecule is c1ccc(-c2ccc(-n3c4cc5sc6ccccc6c5cc4c4ncccc43)cn2)nc1. The number of thiophene rings is 1. The maximum Gasteiger partial charge on any atom is 0.0963 e. The Hall–Kier alpha value is -4.09. The zero-order valence-corrected chi connectivity index (χ0v) is 17.8. The van der Waals surface area contributed by atoms with Gasteiger partial charge in [-0.1, -0.05) is 24.3 Å². The van der Waals surface area contributed by atoms with Gasteiger partial charge in [0.05, 0.1) is 39.8 Å². The average molecular weight is 429 g/mol. The first kappa shape index (κ1) is 17.6. The van der Waals surface area contributed by atoms with Crippen molar-refractivity contribution in [2.75, 3.05) is 0 Å². The molecule has 4 nitrogen and oxygen atoms in total. The van der Waals surface area contributed by atoms with Gasteiger partial charge < -0.3 is 4.57 Å². The standard InChI is InChI=1S/C27H16N4S/c1-2-9-25-18(6-1)19-14-20-24(15-26(19)32-25)31(23-8-5-13-29-27(20)23)17-10-11-22(30-16-17)21-7-3-4-12-28-21/h1-16H. The van der Waals surface area contributed by atoms with Crippen LogP contribution in [0, 0.1) is 0 Å². The summed E-state index contributed by atoms with van der Waals surface area (Å²) in [6, 6.07) is 27.3. The second-order valence-electron chi connectivity index (χ2n) is 7.79. The Bertz CT molecular complexity index is 1760. The molecule has 0 atom stereocenters. The van der Waals surface area contributed by atoms with Gasteiger partial charge in [0.25, 0.3) is 0 Å². The molecule has 150 valence electrons. The van der Waals surface area contributed by atoms with E-state index in [1.807, 2.05) is 54.1 Å². The molecule has 0 saturated heterocycles. The molecule has 0 aliphatic rings. The van der Waals surface area contributed by atoms with Crippen LogP contribution in [-0.2, 0) is 0 Å². The number of pyridine rings is 3. The van der Waals surface area contributed by atoms with Crippen LogP contribution >= 0.6 is 11.3 Å². The summed E-state index contributed by atoms with van der Waals surface area (Å²) in [6.45, 7) is 0. The van der Waals surface area contributed by atoms with Gasteiger partial charge in [-0.3, -0.25) is 15.0 Å². The Morgan fingerprint density at radius 1 is 0.594 bits per heavy atom. The van der Waals surface area contributed by atoms with E-state index in [9.17, 15) is 0 Å². The monoisotopic (exact) mass is 428 g/mol. The third-order valence-electron chi connectivity index (χ3n) is 5.95. The van der Waals surface area contributed by atoms with Crippen LogP contribution in [0.15, 0.2) is 97.5 Å². The predicted octanol–water partition coefficient (Wildman–Crippen LogP) is 7.00. The summed E-state index contributed by atoms with van der Waals surface area (Å²) in [5, 5.41) is 3.74. The molecular formula is C27H16N4S. The molecule has 0 unspecified atom stereocenters. The summed E-state index contributed by atoms with van der Waals surface area (Å²) in [7, 11) is 0. The van der Waals surface area contributed by atoms with Crippen molar-refractivity contribution in [3.63, 3.8) is 0 Å². The lowest BCUT2D eigenvalue weighted by atomic mass is 10.1. The number of nitrogens with zero attached hydrogens (tertiary/aromatic N) is 4. The number of hydrogen-bond donors (Lipinski definition) is 0. The molecule has 0 N–H and O–H groups in total. The van der Waals surface area contributed by atoms with Gasteiger partial charge in [-0.05, 0) is 54.6 Å². The molecule has 0 aliphatic carbocycles. The fourth-order valence-electron chi connectivity index (χ4n) is 4.51. The van der Waals surface area contributed by atoms with E-state index in [-0.39, 0.29) is 0 Å². The highest BCUT2D eigenvalue weighted by Crippen LogP contribution is 2.39. The van der Waals surface area contributed by atoms with Crippen LogP contribution in [0.1, 0.15) is 0 Å². The Morgan fingerprint density at radius 2 is 1.47 bits per heavy atom. The van der Waals surface area contributed by atoms with Crippen molar-refractivity contribution >= 4 is 53.4 Å². The first-order chi connectivity index (χ1) is 15.9. The number of fused-ring (bicyclic) bond motifs is 6. The topological polar surface area (TPSA) is 43.6 Å². The molecule has 0 radical (unpaired) electrons. The summed E-state index contributed by atoms with van der Waals surface area (Å²) in [6.07, 6.45) is 5.58. The van der Waals surface area contributed by atoms with Gasteiger partial charge in [0.15, 0.2) is 0 Å². The lowest BCUT2D eigenvalue weighted by molar-refractivity contribution is 1.13. The molecule has 0 amide bonds.